The molecule has 2 nitrogen and oxygen atoms in total. The number of halogens is 3. The number of rotatable bonds is 4. The molecule has 0 atom stereocenters. The van der Waals surface area contributed by atoms with Gasteiger partial charge in [0, 0.05) is 19.8 Å². The van der Waals surface area contributed by atoms with Crippen LogP contribution in [0.2, 0.25) is 10.0 Å². The van der Waals surface area contributed by atoms with Crippen LogP contribution in [0.5, 0.6) is 0 Å². The molecule has 0 unspecified atom stereocenters. The zero-order chi connectivity index (χ0) is 13.9. The third-order valence-corrected chi connectivity index (χ3v) is 7.99. The van der Waals surface area contributed by atoms with Gasteiger partial charge in [-0.2, -0.15) is 0 Å². The molecule has 1 N–H and O–H groups in total. The lowest BCUT2D eigenvalue weighted by Gasteiger charge is -2.10. The van der Waals surface area contributed by atoms with Crippen LogP contribution in [0.3, 0.4) is 0 Å². The maximum Gasteiger partial charge on any atom is 0.319 e. The van der Waals surface area contributed by atoms with Gasteiger partial charge in [-0.3, -0.25) is 4.57 Å². The van der Waals surface area contributed by atoms with Crippen molar-refractivity contribution in [2.24, 2.45) is 0 Å². The Bertz CT molecular complexity index is 554. The molecule has 2 aromatic rings. The fourth-order valence-corrected chi connectivity index (χ4v) is 6.94. The van der Waals surface area contributed by atoms with E-state index in [4.69, 9.17) is 23.2 Å². The van der Waals surface area contributed by atoms with Gasteiger partial charge in [0.15, 0.2) is 0 Å². The van der Waals surface area contributed by atoms with E-state index in [-0.39, 0.29) is 12.4 Å². The van der Waals surface area contributed by atoms with Crippen LogP contribution in [-0.2, 0) is 4.57 Å². The van der Waals surface area contributed by atoms with Gasteiger partial charge < -0.3 is 4.89 Å². The Kier molecular flexibility index (Phi) is 7.30. The summed E-state index contributed by atoms with van der Waals surface area (Å²) in [4.78, 5) is 11.4. The zero-order valence-corrected chi connectivity index (χ0v) is 14.8. The Morgan fingerprint density at radius 3 is 1.40 bits per heavy atom. The zero-order valence-electron chi connectivity index (χ0n) is 9.90. The summed E-state index contributed by atoms with van der Waals surface area (Å²) in [6.07, 6.45) is 0. The van der Waals surface area contributed by atoms with E-state index in [2.05, 4.69) is 0 Å². The highest BCUT2D eigenvalue weighted by atomic mass is 35.5. The Morgan fingerprint density at radius 1 is 0.800 bits per heavy atom. The van der Waals surface area contributed by atoms with Crippen molar-refractivity contribution in [1.29, 1.82) is 0 Å². The predicted molar refractivity (Wildman–Crippen MR) is 91.7 cm³/mol. The highest BCUT2D eigenvalue weighted by Crippen LogP contribution is 2.70. The van der Waals surface area contributed by atoms with Gasteiger partial charge in [0.1, 0.15) is 0 Å². The van der Waals surface area contributed by atoms with Crippen LogP contribution in [0.4, 0.5) is 0 Å². The first-order chi connectivity index (χ1) is 8.94. The molecule has 0 spiro atoms. The maximum atomic E-state index is 12.1. The van der Waals surface area contributed by atoms with E-state index in [1.807, 2.05) is 0 Å². The van der Waals surface area contributed by atoms with Crippen molar-refractivity contribution in [3.05, 3.63) is 58.6 Å². The van der Waals surface area contributed by atoms with Crippen LogP contribution in [0, 0.1) is 0 Å². The fourth-order valence-electron chi connectivity index (χ4n) is 1.28. The predicted octanol–water partition coefficient (Wildman–Crippen LogP) is 6.40. The van der Waals surface area contributed by atoms with Crippen molar-refractivity contribution in [2.75, 3.05) is 0 Å². The molecule has 0 saturated carbocycles. The van der Waals surface area contributed by atoms with Gasteiger partial charge in [0.05, 0.1) is 0 Å². The van der Waals surface area contributed by atoms with Crippen LogP contribution in [0.25, 0.3) is 0 Å². The average Bonchev–Trinajstić information content (AvgIpc) is 2.34. The van der Waals surface area contributed by atoms with Gasteiger partial charge in [0.25, 0.3) is 0 Å². The quantitative estimate of drug-likeness (QED) is 0.616. The minimum absolute atomic E-state index is 0. The molecular formula is C12H10Cl3O2PS2. The van der Waals surface area contributed by atoms with E-state index in [0.29, 0.717) is 19.8 Å². The molecule has 0 fully saturated rings. The van der Waals surface area contributed by atoms with E-state index >= 15 is 0 Å². The van der Waals surface area contributed by atoms with E-state index in [1.165, 1.54) is 0 Å². The van der Waals surface area contributed by atoms with Crippen molar-refractivity contribution in [3.63, 3.8) is 0 Å². The minimum Gasteiger partial charge on any atom is -0.329 e. The van der Waals surface area contributed by atoms with Crippen molar-refractivity contribution in [2.45, 2.75) is 9.79 Å². The second-order valence-corrected chi connectivity index (χ2v) is 11.4. The Balaban J connectivity index is 0.00000200. The molecule has 0 aromatic heterocycles. The highest BCUT2D eigenvalue weighted by molar-refractivity contribution is 8.89. The average molecular weight is 388 g/mol. The van der Waals surface area contributed by atoms with Crippen LogP contribution in [0.15, 0.2) is 58.3 Å². The van der Waals surface area contributed by atoms with Crippen LogP contribution in [0.1, 0.15) is 0 Å². The van der Waals surface area contributed by atoms with E-state index < -0.39 is 5.77 Å². The topological polar surface area (TPSA) is 37.3 Å². The first-order valence-electron chi connectivity index (χ1n) is 5.18. The summed E-state index contributed by atoms with van der Waals surface area (Å²) in [5, 5.41) is 1.20. The number of benzene rings is 2. The van der Waals surface area contributed by atoms with E-state index in [9.17, 15) is 9.46 Å². The van der Waals surface area contributed by atoms with Crippen molar-refractivity contribution in [3.8, 4) is 0 Å². The molecule has 0 aliphatic rings. The standard InChI is InChI=1S/C12H9Cl2O2PS2.ClH/c13-9-1-5-11(6-2-9)18-17(15,16)19-12-7-3-10(14)4-8-12;/h1-8H,(H,15,16);1H. The van der Waals surface area contributed by atoms with Crippen LogP contribution < -0.4 is 0 Å². The summed E-state index contributed by atoms with van der Waals surface area (Å²) in [7, 11) is 0. The van der Waals surface area contributed by atoms with E-state index in [0.717, 1.165) is 22.8 Å². The Labute approximate surface area is 141 Å². The summed E-state index contributed by atoms with van der Waals surface area (Å²) < 4.78 is 12.1. The second kappa shape index (κ2) is 8.00. The molecule has 0 amide bonds. The first kappa shape index (κ1) is 18.2. The monoisotopic (exact) mass is 386 g/mol. The molecule has 0 bridgehead atoms. The van der Waals surface area contributed by atoms with Crippen LogP contribution >= 0.6 is 64.1 Å². The summed E-state index contributed by atoms with van der Waals surface area (Å²) >= 11 is 13.4. The van der Waals surface area contributed by atoms with Crippen molar-refractivity contribution in [1.82, 2.24) is 0 Å². The van der Waals surface area contributed by atoms with Gasteiger partial charge in [-0.1, -0.05) is 23.2 Å². The highest BCUT2D eigenvalue weighted by Gasteiger charge is 2.22. The smallest absolute Gasteiger partial charge is 0.319 e. The molecule has 0 saturated heterocycles. The molecule has 0 aliphatic heterocycles. The molecule has 8 heteroatoms. The lowest BCUT2D eigenvalue weighted by atomic mass is 10.4. The van der Waals surface area contributed by atoms with Gasteiger partial charge >= 0.3 is 5.77 Å². The van der Waals surface area contributed by atoms with Crippen LogP contribution in [-0.4, -0.2) is 4.89 Å². The third-order valence-electron chi connectivity index (χ3n) is 2.07. The van der Waals surface area contributed by atoms with Gasteiger partial charge in [0.2, 0.25) is 0 Å². The largest absolute Gasteiger partial charge is 0.329 e. The minimum atomic E-state index is -3.42. The molecule has 20 heavy (non-hydrogen) atoms. The fraction of sp³-hybridized carbons (Fsp3) is 0. The summed E-state index contributed by atoms with van der Waals surface area (Å²) in [5.74, 6) is -3.42. The maximum absolute atomic E-state index is 12.1. The van der Waals surface area contributed by atoms with Gasteiger partial charge in [-0.05, 0) is 71.3 Å². The molecule has 0 heterocycles. The molecular weight excluding hydrogens is 378 g/mol. The molecule has 108 valence electrons. The molecule has 0 aliphatic carbocycles. The SMILES string of the molecule is Cl.O=P(O)(Sc1ccc(Cl)cc1)Sc1ccc(Cl)cc1. The van der Waals surface area contributed by atoms with Gasteiger partial charge in [-0.15, -0.1) is 12.4 Å². The number of hydrogen-bond donors (Lipinski definition) is 1. The first-order valence-corrected chi connectivity index (χ1v) is 10.4. The van der Waals surface area contributed by atoms with Crippen molar-refractivity contribution >= 4 is 64.1 Å². The Morgan fingerprint density at radius 2 is 1.10 bits per heavy atom. The third kappa shape index (κ3) is 5.90. The van der Waals surface area contributed by atoms with Crippen molar-refractivity contribution < 1.29 is 9.46 Å². The Hall–Kier alpha value is 0.200. The number of hydrogen-bond acceptors (Lipinski definition) is 3. The normalized spacial score (nSPS) is 10.9. The van der Waals surface area contributed by atoms with E-state index in [1.54, 1.807) is 48.5 Å². The summed E-state index contributed by atoms with van der Waals surface area (Å²) in [6.45, 7) is 0. The van der Waals surface area contributed by atoms with Gasteiger partial charge in [-0.25, -0.2) is 0 Å². The molecule has 2 rings (SSSR count). The lowest BCUT2D eigenvalue weighted by molar-refractivity contribution is 0.514. The second-order valence-electron chi connectivity index (χ2n) is 3.56. The summed E-state index contributed by atoms with van der Waals surface area (Å²) in [5.41, 5.74) is 0. The lowest BCUT2D eigenvalue weighted by Crippen LogP contribution is -1.74. The summed E-state index contributed by atoms with van der Waals surface area (Å²) in [6, 6.07) is 13.6. The molecule has 2 aromatic carbocycles. The molecule has 0 radical (unpaired) electrons.